The van der Waals surface area contributed by atoms with Gasteiger partial charge in [0.25, 0.3) is 0 Å². The molecule has 0 spiro atoms. The third-order valence-electron chi connectivity index (χ3n) is 8.08. The summed E-state index contributed by atoms with van der Waals surface area (Å²) in [7, 11) is 3.62. The number of nitrogens with zero attached hydrogens (tertiary/aromatic N) is 1. The summed E-state index contributed by atoms with van der Waals surface area (Å²) in [6.07, 6.45) is -3.87. The van der Waals surface area contributed by atoms with Crippen LogP contribution in [0, 0.1) is 0 Å². The van der Waals surface area contributed by atoms with Gasteiger partial charge in [0.1, 0.15) is 17.1 Å². The average Bonchev–Trinajstić information content (AvgIpc) is 2.86. The highest BCUT2D eigenvalue weighted by atomic mass is 16.7. The van der Waals surface area contributed by atoms with Gasteiger partial charge in [-0.25, -0.2) is 0 Å². The number of hydrogen-bond acceptors (Lipinski definition) is 10. The van der Waals surface area contributed by atoms with E-state index in [1.807, 2.05) is 19.0 Å². The van der Waals surface area contributed by atoms with Crippen molar-refractivity contribution in [3.05, 3.63) is 57.6 Å². The van der Waals surface area contributed by atoms with E-state index in [-0.39, 0.29) is 58.7 Å². The van der Waals surface area contributed by atoms with Crippen molar-refractivity contribution in [3.63, 3.8) is 0 Å². The zero-order chi connectivity index (χ0) is 27.7. The van der Waals surface area contributed by atoms with Crippen molar-refractivity contribution in [2.75, 3.05) is 14.1 Å². The van der Waals surface area contributed by atoms with Crippen molar-refractivity contribution in [2.24, 2.45) is 0 Å². The molecule has 202 valence electrons. The van der Waals surface area contributed by atoms with Gasteiger partial charge >= 0.3 is 0 Å². The van der Waals surface area contributed by atoms with Crippen LogP contribution >= 0.6 is 0 Å². The summed E-state index contributed by atoms with van der Waals surface area (Å²) >= 11 is 0. The van der Waals surface area contributed by atoms with Crippen LogP contribution in [0.25, 0.3) is 0 Å². The zero-order valence-corrected chi connectivity index (χ0v) is 21.6. The number of carbonyl (C=O) groups excluding carboxylic acids is 3. The number of aliphatic hydroxyl groups excluding tert-OH is 1. The van der Waals surface area contributed by atoms with Gasteiger partial charge in [0.2, 0.25) is 0 Å². The Balaban J connectivity index is 1.64. The van der Waals surface area contributed by atoms with Gasteiger partial charge in [0.15, 0.2) is 23.6 Å². The minimum atomic E-state index is -1.96. The molecule has 2 aliphatic carbocycles. The van der Waals surface area contributed by atoms with Crippen molar-refractivity contribution >= 4 is 17.3 Å². The number of aliphatic hydroxyl groups is 2. The Morgan fingerprint density at radius 3 is 2.21 bits per heavy atom. The summed E-state index contributed by atoms with van der Waals surface area (Å²) in [5.41, 5.74) is -2.50. The number of likely N-dealkylation sites (N-methyl/N-ethyl adjacent to an activating group) is 1. The summed E-state index contributed by atoms with van der Waals surface area (Å²) in [5.74, 6) is -2.97. The van der Waals surface area contributed by atoms with Crippen LogP contribution in [0.4, 0.5) is 0 Å². The van der Waals surface area contributed by atoms with Crippen LogP contribution in [0.1, 0.15) is 75.8 Å². The molecule has 0 bridgehead atoms. The van der Waals surface area contributed by atoms with Crippen LogP contribution in [0.5, 0.6) is 11.5 Å². The molecule has 0 saturated carbocycles. The molecule has 38 heavy (non-hydrogen) atoms. The van der Waals surface area contributed by atoms with Crippen LogP contribution in [-0.4, -0.2) is 86.9 Å². The van der Waals surface area contributed by atoms with E-state index in [1.54, 1.807) is 19.1 Å². The third-order valence-corrected chi connectivity index (χ3v) is 8.08. The molecule has 0 radical (unpaired) electrons. The number of hydrogen-bond donors (Lipinski definition) is 4. The van der Waals surface area contributed by atoms with Gasteiger partial charge in [0.05, 0.1) is 29.4 Å². The Labute approximate surface area is 219 Å². The fraction of sp³-hybridized carbons (Fsp3) is 0.464. The Kier molecular flexibility index (Phi) is 6.44. The molecule has 2 unspecified atom stereocenters. The van der Waals surface area contributed by atoms with Gasteiger partial charge in [-0.2, -0.15) is 0 Å². The number of ketones is 3. The average molecular weight is 526 g/mol. The van der Waals surface area contributed by atoms with Gasteiger partial charge in [-0.15, -0.1) is 0 Å². The molecule has 10 heteroatoms. The van der Waals surface area contributed by atoms with E-state index in [1.165, 1.54) is 19.1 Å². The smallest absolute Gasteiger partial charge is 0.198 e. The number of fused-ring (bicyclic) bond motifs is 3. The van der Waals surface area contributed by atoms with Gasteiger partial charge < -0.3 is 34.8 Å². The Bertz CT molecular complexity index is 1350. The summed E-state index contributed by atoms with van der Waals surface area (Å²) in [5, 5.41) is 44.6. The number of ether oxygens (including phenoxy) is 2. The maximum atomic E-state index is 13.4. The van der Waals surface area contributed by atoms with Crippen LogP contribution in [0.15, 0.2) is 24.3 Å². The first-order chi connectivity index (χ1) is 17.9. The zero-order valence-electron chi connectivity index (χ0n) is 21.6. The van der Waals surface area contributed by atoms with E-state index in [0.29, 0.717) is 0 Å². The van der Waals surface area contributed by atoms with Crippen molar-refractivity contribution in [3.8, 4) is 11.5 Å². The normalized spacial score (nSPS) is 30.6. The van der Waals surface area contributed by atoms with Gasteiger partial charge in [-0.1, -0.05) is 24.3 Å². The van der Waals surface area contributed by atoms with Crippen molar-refractivity contribution in [1.29, 1.82) is 0 Å². The molecule has 5 rings (SSSR count). The largest absolute Gasteiger partial charge is 0.507 e. The lowest BCUT2D eigenvalue weighted by Crippen LogP contribution is -2.54. The lowest BCUT2D eigenvalue weighted by Gasteiger charge is -2.44. The maximum absolute atomic E-state index is 13.4. The van der Waals surface area contributed by atoms with Crippen LogP contribution < -0.4 is 0 Å². The minimum absolute atomic E-state index is 0.0245. The number of phenolic OH excluding ortho intramolecular Hbond substituents is 2. The van der Waals surface area contributed by atoms with E-state index >= 15 is 0 Å². The first-order valence-electron chi connectivity index (χ1n) is 12.5. The molecular formula is C28H31NO9. The van der Waals surface area contributed by atoms with E-state index in [2.05, 4.69) is 0 Å². The lowest BCUT2D eigenvalue weighted by molar-refractivity contribution is -0.256. The highest BCUT2D eigenvalue weighted by Crippen LogP contribution is 2.52. The van der Waals surface area contributed by atoms with Crippen molar-refractivity contribution in [1.82, 2.24) is 4.90 Å². The fourth-order valence-corrected chi connectivity index (χ4v) is 5.88. The predicted octanol–water partition coefficient (Wildman–Crippen LogP) is 1.62. The molecule has 10 nitrogen and oxygen atoms in total. The highest BCUT2D eigenvalue weighted by molar-refractivity contribution is 6.30. The molecule has 0 amide bonds. The second-order valence-electron chi connectivity index (χ2n) is 10.7. The van der Waals surface area contributed by atoms with Crippen LogP contribution in [0.2, 0.25) is 0 Å². The first-order valence-corrected chi connectivity index (χ1v) is 12.5. The summed E-state index contributed by atoms with van der Waals surface area (Å²) in [6, 6.07) is 5.80. The van der Waals surface area contributed by atoms with Crippen LogP contribution in [-0.2, 0) is 20.7 Å². The lowest BCUT2D eigenvalue weighted by atomic mass is 9.72. The molecule has 6 atom stereocenters. The molecule has 1 heterocycles. The second kappa shape index (κ2) is 9.25. The number of phenols is 2. The molecular weight excluding hydrogens is 494 g/mol. The second-order valence-corrected chi connectivity index (χ2v) is 10.7. The Morgan fingerprint density at radius 2 is 1.66 bits per heavy atom. The molecule has 2 aromatic carbocycles. The first kappa shape index (κ1) is 26.5. The molecule has 3 aliphatic rings. The maximum Gasteiger partial charge on any atom is 0.198 e. The number of aromatic hydroxyl groups is 2. The third kappa shape index (κ3) is 3.95. The summed E-state index contributed by atoms with van der Waals surface area (Å²) in [4.78, 5) is 41.1. The van der Waals surface area contributed by atoms with E-state index in [9.17, 15) is 34.8 Å². The summed E-state index contributed by atoms with van der Waals surface area (Å²) < 4.78 is 12.1. The predicted molar refractivity (Wildman–Crippen MR) is 133 cm³/mol. The molecule has 1 fully saturated rings. The van der Waals surface area contributed by atoms with E-state index < -0.39 is 59.1 Å². The topological polar surface area (TPSA) is 154 Å². The van der Waals surface area contributed by atoms with E-state index in [0.717, 1.165) is 0 Å². The fourth-order valence-electron chi connectivity index (χ4n) is 5.88. The Hall–Kier alpha value is -3.15. The molecule has 0 aromatic heterocycles. The molecule has 1 aliphatic heterocycles. The van der Waals surface area contributed by atoms with Gasteiger partial charge in [-0.05, 0) is 27.9 Å². The Morgan fingerprint density at radius 1 is 1.08 bits per heavy atom. The number of benzene rings is 2. The molecule has 1 saturated heterocycles. The quantitative estimate of drug-likeness (QED) is 0.370. The summed E-state index contributed by atoms with van der Waals surface area (Å²) in [6.45, 7) is 2.90. The molecule has 4 N–H and O–H groups in total. The van der Waals surface area contributed by atoms with Crippen LogP contribution in [0.3, 0.4) is 0 Å². The van der Waals surface area contributed by atoms with Gasteiger partial charge in [-0.3, -0.25) is 14.4 Å². The van der Waals surface area contributed by atoms with Crippen molar-refractivity contribution < 1.29 is 44.3 Å². The number of carbonyl (C=O) groups is 3. The standard InChI is InChI=1S/C28H31NO9/c1-12-23(31)17(29(3)4)9-19(37-12)38-18-11-28(36,13(2)30)10-16-20(18)27(35)22-21(26(16)34)24(32)14-7-5-6-8-15(14)25(22)33/h5-8,12,17-19,23,31,34-36H,9-11H2,1-4H3/t12?,17?,18-,19-,23+,28-/m0/s1. The number of Topliss-reactive ketones (excluding diaryl/α,β-unsaturated/α-hetero) is 1. The van der Waals surface area contributed by atoms with E-state index in [4.69, 9.17) is 9.47 Å². The molecule has 2 aromatic rings. The van der Waals surface area contributed by atoms with Crippen molar-refractivity contribution in [2.45, 2.75) is 69.4 Å². The minimum Gasteiger partial charge on any atom is -0.507 e. The number of rotatable bonds is 4. The SMILES string of the molecule is CC(=O)[C@]1(O)Cc2c(O)c3c(c(O)c2[C@@H](O[C@H]2CC(N(C)C)[C@H](O)C(C)O2)C1)C(=O)c1ccccc1C3=O. The monoisotopic (exact) mass is 525 g/mol. The van der Waals surface area contributed by atoms with Gasteiger partial charge in [0, 0.05) is 47.6 Å². The highest BCUT2D eigenvalue weighted by Gasteiger charge is 2.49.